The van der Waals surface area contributed by atoms with Gasteiger partial charge in [0.25, 0.3) is 5.91 Å². The summed E-state index contributed by atoms with van der Waals surface area (Å²) in [5, 5.41) is 9.05. The van der Waals surface area contributed by atoms with Crippen LogP contribution < -0.4 is 20.8 Å². The third kappa shape index (κ3) is 8.55. The number of hydrazone groups is 1. The van der Waals surface area contributed by atoms with Crippen LogP contribution in [-0.2, 0) is 20.9 Å². The lowest BCUT2D eigenvalue weighted by Crippen LogP contribution is -2.39. The van der Waals surface area contributed by atoms with Gasteiger partial charge in [-0.05, 0) is 41.3 Å². The average Bonchev–Trinajstić information content (AvgIpc) is 2.76. The van der Waals surface area contributed by atoms with Gasteiger partial charge in [0.1, 0.15) is 5.75 Å². The van der Waals surface area contributed by atoms with E-state index in [1.807, 2.05) is 44.2 Å². The van der Waals surface area contributed by atoms with E-state index in [2.05, 4.69) is 21.2 Å². The first-order chi connectivity index (χ1) is 14.4. The molecule has 30 heavy (non-hydrogen) atoms. The van der Waals surface area contributed by atoms with Crippen LogP contribution in [-0.4, -0.2) is 37.1 Å². The van der Waals surface area contributed by atoms with Gasteiger partial charge in [0.2, 0.25) is 0 Å². The van der Waals surface area contributed by atoms with Crippen LogP contribution >= 0.6 is 0 Å². The molecule has 0 aliphatic rings. The fourth-order valence-electron chi connectivity index (χ4n) is 2.24. The third-order valence-corrected chi connectivity index (χ3v) is 3.84. The lowest BCUT2D eigenvalue weighted by molar-refractivity contribution is -0.139. The molecular formula is C22H26N4O4. The number of rotatable bonds is 9. The van der Waals surface area contributed by atoms with Crippen LogP contribution in [0.5, 0.6) is 5.75 Å². The Bertz CT molecular complexity index is 864. The largest absolute Gasteiger partial charge is 0.484 e. The zero-order valence-corrected chi connectivity index (χ0v) is 17.1. The number of hydrogen-bond acceptors (Lipinski definition) is 5. The molecule has 0 radical (unpaired) electrons. The summed E-state index contributed by atoms with van der Waals surface area (Å²) in [6, 6.07) is 16.4. The van der Waals surface area contributed by atoms with Crippen molar-refractivity contribution in [1.29, 1.82) is 0 Å². The topological polar surface area (TPSA) is 109 Å². The molecule has 8 nitrogen and oxygen atoms in total. The van der Waals surface area contributed by atoms with Crippen LogP contribution in [0.2, 0.25) is 0 Å². The molecule has 0 saturated carbocycles. The normalized spacial score (nSPS) is 10.6. The lowest BCUT2D eigenvalue weighted by Gasteiger charge is -2.08. The van der Waals surface area contributed by atoms with Crippen LogP contribution in [0, 0.1) is 5.92 Å². The van der Waals surface area contributed by atoms with Crippen LogP contribution in [0.25, 0.3) is 0 Å². The smallest absolute Gasteiger partial charge is 0.329 e. The molecule has 0 atom stereocenters. The fourth-order valence-corrected chi connectivity index (χ4v) is 2.24. The maximum absolute atomic E-state index is 11.9. The Morgan fingerprint density at radius 3 is 2.33 bits per heavy atom. The highest BCUT2D eigenvalue weighted by Gasteiger charge is 2.12. The predicted octanol–water partition coefficient (Wildman–Crippen LogP) is 1.60. The van der Waals surface area contributed by atoms with E-state index in [1.165, 1.54) is 6.21 Å². The molecule has 2 aromatic rings. The molecule has 0 aliphatic heterocycles. The predicted molar refractivity (Wildman–Crippen MR) is 114 cm³/mol. The van der Waals surface area contributed by atoms with Gasteiger partial charge in [0.15, 0.2) is 6.61 Å². The van der Waals surface area contributed by atoms with Gasteiger partial charge in [-0.1, -0.05) is 44.2 Å². The summed E-state index contributed by atoms with van der Waals surface area (Å²) in [6.45, 7) is 4.63. The number of hydrogen-bond donors (Lipinski definition) is 3. The van der Waals surface area contributed by atoms with E-state index in [4.69, 9.17) is 4.74 Å². The van der Waals surface area contributed by atoms with Crippen molar-refractivity contribution in [3.8, 4) is 5.75 Å². The van der Waals surface area contributed by atoms with E-state index >= 15 is 0 Å². The van der Waals surface area contributed by atoms with Crippen molar-refractivity contribution in [1.82, 2.24) is 16.1 Å². The molecular weight excluding hydrogens is 384 g/mol. The fraction of sp³-hybridized carbons (Fsp3) is 0.273. The molecule has 0 aromatic heterocycles. The zero-order valence-electron chi connectivity index (χ0n) is 17.1. The lowest BCUT2D eigenvalue weighted by atomic mass is 10.2. The van der Waals surface area contributed by atoms with Gasteiger partial charge >= 0.3 is 11.8 Å². The molecule has 0 bridgehead atoms. The molecule has 8 heteroatoms. The van der Waals surface area contributed by atoms with Crippen LogP contribution in [0.3, 0.4) is 0 Å². The Labute approximate surface area is 175 Å². The standard InChI is InChI=1S/C22H26N4O4/c1-16(2)12-24-21(28)22(29)26-25-14-18-8-10-19(11-9-18)30-15-20(27)23-13-17-6-4-3-5-7-17/h3-11,14,16H,12-13,15H2,1-2H3,(H,23,27)(H,24,28)(H,26,29)/b25-14-. The van der Waals surface area contributed by atoms with Gasteiger partial charge in [-0.25, -0.2) is 5.43 Å². The van der Waals surface area contributed by atoms with Crippen molar-refractivity contribution >= 4 is 23.9 Å². The molecule has 0 saturated heterocycles. The first-order valence-corrected chi connectivity index (χ1v) is 9.58. The summed E-state index contributed by atoms with van der Waals surface area (Å²) in [7, 11) is 0. The average molecular weight is 410 g/mol. The summed E-state index contributed by atoms with van der Waals surface area (Å²) < 4.78 is 5.45. The third-order valence-electron chi connectivity index (χ3n) is 3.84. The number of ether oxygens (including phenoxy) is 1. The Morgan fingerprint density at radius 2 is 1.67 bits per heavy atom. The molecule has 0 unspecified atom stereocenters. The second kappa shape index (κ2) is 12.0. The first-order valence-electron chi connectivity index (χ1n) is 9.58. The van der Waals surface area contributed by atoms with Gasteiger partial charge in [-0.2, -0.15) is 5.10 Å². The van der Waals surface area contributed by atoms with Crippen molar-refractivity contribution in [2.75, 3.05) is 13.2 Å². The van der Waals surface area contributed by atoms with Crippen molar-refractivity contribution in [2.24, 2.45) is 11.0 Å². The molecule has 2 rings (SSSR count). The van der Waals surface area contributed by atoms with Gasteiger partial charge in [-0.15, -0.1) is 0 Å². The van der Waals surface area contributed by atoms with E-state index < -0.39 is 11.8 Å². The minimum absolute atomic E-state index is 0.0954. The molecule has 2 aromatic carbocycles. The summed E-state index contributed by atoms with van der Waals surface area (Å²) in [5.74, 6) is -0.994. The van der Waals surface area contributed by atoms with E-state index in [0.29, 0.717) is 24.4 Å². The van der Waals surface area contributed by atoms with E-state index in [9.17, 15) is 14.4 Å². The quantitative estimate of drug-likeness (QED) is 0.331. The van der Waals surface area contributed by atoms with Gasteiger partial charge < -0.3 is 15.4 Å². The van der Waals surface area contributed by atoms with Crippen LogP contribution in [0.15, 0.2) is 59.7 Å². The molecule has 0 fully saturated rings. The number of carbonyl (C=O) groups excluding carboxylic acids is 3. The SMILES string of the molecule is CC(C)CNC(=O)C(=O)N/N=C\c1ccc(OCC(=O)NCc2ccccc2)cc1. The van der Waals surface area contributed by atoms with Gasteiger partial charge in [0.05, 0.1) is 6.21 Å². The number of nitrogens with one attached hydrogen (secondary N) is 3. The van der Waals surface area contributed by atoms with Gasteiger partial charge in [-0.3, -0.25) is 14.4 Å². The summed E-state index contributed by atoms with van der Waals surface area (Å²) in [5.41, 5.74) is 3.88. The Hall–Kier alpha value is -3.68. The molecule has 3 N–H and O–H groups in total. The van der Waals surface area contributed by atoms with E-state index in [-0.39, 0.29) is 18.4 Å². The maximum atomic E-state index is 11.9. The van der Waals surface area contributed by atoms with Crippen molar-refractivity contribution in [3.63, 3.8) is 0 Å². The second-order valence-corrected chi connectivity index (χ2v) is 6.92. The Balaban J connectivity index is 1.71. The molecule has 0 spiro atoms. The highest BCUT2D eigenvalue weighted by molar-refractivity contribution is 6.35. The number of amides is 3. The first kappa shape index (κ1) is 22.6. The van der Waals surface area contributed by atoms with Crippen LogP contribution in [0.1, 0.15) is 25.0 Å². The minimum atomic E-state index is -0.826. The summed E-state index contributed by atoms with van der Waals surface area (Å²) in [4.78, 5) is 35.0. The van der Waals surface area contributed by atoms with E-state index in [0.717, 1.165) is 5.56 Å². The molecule has 0 aliphatic carbocycles. The maximum Gasteiger partial charge on any atom is 0.329 e. The van der Waals surface area contributed by atoms with Crippen molar-refractivity contribution < 1.29 is 19.1 Å². The number of benzene rings is 2. The Kier molecular flexibility index (Phi) is 9.05. The summed E-state index contributed by atoms with van der Waals surface area (Å²) >= 11 is 0. The Morgan fingerprint density at radius 1 is 0.967 bits per heavy atom. The van der Waals surface area contributed by atoms with Crippen LogP contribution in [0.4, 0.5) is 0 Å². The minimum Gasteiger partial charge on any atom is -0.484 e. The molecule has 158 valence electrons. The summed E-state index contributed by atoms with van der Waals surface area (Å²) in [6.07, 6.45) is 1.41. The number of nitrogens with zero attached hydrogens (tertiary/aromatic N) is 1. The number of carbonyl (C=O) groups is 3. The van der Waals surface area contributed by atoms with Crippen molar-refractivity contribution in [2.45, 2.75) is 20.4 Å². The highest BCUT2D eigenvalue weighted by atomic mass is 16.5. The molecule has 3 amide bonds. The second-order valence-electron chi connectivity index (χ2n) is 6.92. The zero-order chi connectivity index (χ0) is 21.8. The van der Waals surface area contributed by atoms with Crippen molar-refractivity contribution in [3.05, 3.63) is 65.7 Å². The highest BCUT2D eigenvalue weighted by Crippen LogP contribution is 2.11. The van der Waals surface area contributed by atoms with Gasteiger partial charge in [0, 0.05) is 13.1 Å². The van der Waals surface area contributed by atoms with E-state index in [1.54, 1.807) is 24.3 Å². The monoisotopic (exact) mass is 410 g/mol. The molecule has 0 heterocycles.